The molecule has 0 unspecified atom stereocenters. The molecular weight excluding hydrogens is 151 g/mol. The molecular formula is C2H7N4NaOS. The fraction of sp³-hybridized carbons (Fsp3) is 0.500. The van der Waals surface area contributed by atoms with Crippen LogP contribution >= 0.6 is 12.6 Å². The van der Waals surface area contributed by atoms with E-state index in [1.54, 1.807) is 7.05 Å². The second kappa shape index (κ2) is 5.19. The standard InChI is InChI=1S/C2H4N4S.Na.H2O.H/c1-6-2(7)3-4-5-6;;;/h1H3,(H,3,5,7);;1H2;. The maximum absolute atomic E-state index is 3.88. The predicted molar refractivity (Wildman–Crippen MR) is 36.8 cm³/mol. The van der Waals surface area contributed by atoms with Crippen molar-refractivity contribution in [3.05, 3.63) is 0 Å². The normalized spacial score (nSPS) is 7.33. The Morgan fingerprint density at radius 3 is 2.22 bits per heavy atom. The van der Waals surface area contributed by atoms with Gasteiger partial charge in [0.2, 0.25) is 5.16 Å². The molecule has 0 aliphatic carbocycles. The Hall–Kier alpha value is 0.380. The summed E-state index contributed by atoms with van der Waals surface area (Å²) in [6.45, 7) is 0. The van der Waals surface area contributed by atoms with Gasteiger partial charge in [0, 0.05) is 7.05 Å². The molecule has 1 rings (SSSR count). The maximum atomic E-state index is 3.88. The zero-order valence-electron chi connectivity index (χ0n) is 4.24. The van der Waals surface area contributed by atoms with Crippen LogP contribution in [0.4, 0.5) is 0 Å². The van der Waals surface area contributed by atoms with Crippen molar-refractivity contribution in [3.8, 4) is 0 Å². The van der Waals surface area contributed by atoms with Crippen LogP contribution in [0.5, 0.6) is 0 Å². The molecule has 0 aliphatic rings. The van der Waals surface area contributed by atoms with Gasteiger partial charge in [-0.05, 0) is 10.4 Å². The number of aromatic nitrogens is 4. The second-order valence-electron chi connectivity index (χ2n) is 1.10. The summed E-state index contributed by atoms with van der Waals surface area (Å²) in [5.41, 5.74) is 0. The molecule has 9 heavy (non-hydrogen) atoms. The van der Waals surface area contributed by atoms with Crippen LogP contribution in [0, 0.1) is 0 Å². The molecule has 0 bridgehead atoms. The van der Waals surface area contributed by atoms with Crippen molar-refractivity contribution in [2.75, 3.05) is 0 Å². The average molecular weight is 158 g/mol. The molecule has 0 radical (unpaired) electrons. The molecule has 1 heterocycles. The molecule has 5 nitrogen and oxygen atoms in total. The third-order valence-electron chi connectivity index (χ3n) is 0.598. The van der Waals surface area contributed by atoms with Crippen LogP contribution in [0.15, 0.2) is 5.16 Å². The third kappa shape index (κ3) is 3.17. The van der Waals surface area contributed by atoms with E-state index >= 15 is 0 Å². The third-order valence-corrected chi connectivity index (χ3v) is 0.977. The molecule has 0 saturated heterocycles. The van der Waals surface area contributed by atoms with Crippen LogP contribution in [0.1, 0.15) is 0 Å². The molecule has 0 saturated carbocycles. The van der Waals surface area contributed by atoms with Crippen molar-refractivity contribution in [2.24, 2.45) is 7.05 Å². The summed E-state index contributed by atoms with van der Waals surface area (Å²) >= 11 is 3.88. The van der Waals surface area contributed by atoms with E-state index in [2.05, 4.69) is 28.2 Å². The van der Waals surface area contributed by atoms with Gasteiger partial charge in [0.25, 0.3) is 0 Å². The van der Waals surface area contributed by atoms with Crippen molar-refractivity contribution in [3.63, 3.8) is 0 Å². The Labute approximate surface area is 79.8 Å². The van der Waals surface area contributed by atoms with Crippen LogP contribution < -0.4 is 0 Å². The van der Waals surface area contributed by atoms with E-state index in [1.807, 2.05) is 0 Å². The Morgan fingerprint density at radius 1 is 1.56 bits per heavy atom. The zero-order valence-corrected chi connectivity index (χ0v) is 5.13. The second-order valence-corrected chi connectivity index (χ2v) is 1.50. The van der Waals surface area contributed by atoms with Gasteiger partial charge in [-0.25, -0.2) is 4.68 Å². The first kappa shape index (κ1) is 12.1. The summed E-state index contributed by atoms with van der Waals surface area (Å²) < 4.78 is 1.48. The molecule has 1 aromatic heterocycles. The minimum absolute atomic E-state index is 0. The molecule has 2 N–H and O–H groups in total. The first-order valence-corrected chi connectivity index (χ1v) is 2.17. The van der Waals surface area contributed by atoms with Gasteiger partial charge in [-0.1, -0.05) is 0 Å². The summed E-state index contributed by atoms with van der Waals surface area (Å²) in [7, 11) is 1.72. The van der Waals surface area contributed by atoms with Gasteiger partial charge < -0.3 is 5.48 Å². The molecule has 0 aromatic carbocycles. The molecule has 0 spiro atoms. The summed E-state index contributed by atoms with van der Waals surface area (Å²) in [5, 5.41) is 10.8. The Balaban J connectivity index is 0. The average Bonchev–Trinajstić information content (AvgIpc) is 1.91. The van der Waals surface area contributed by atoms with E-state index in [-0.39, 0.29) is 35.0 Å². The summed E-state index contributed by atoms with van der Waals surface area (Å²) in [5.74, 6) is 0. The van der Waals surface area contributed by atoms with E-state index in [9.17, 15) is 0 Å². The molecule has 0 fully saturated rings. The number of tetrazole rings is 1. The SMILES string of the molecule is Cn1nnnc1S.O.[NaH]. The Morgan fingerprint density at radius 2 is 2.11 bits per heavy atom. The van der Waals surface area contributed by atoms with Gasteiger partial charge in [-0.3, -0.25) is 0 Å². The quantitative estimate of drug-likeness (QED) is 0.351. The zero-order chi connectivity index (χ0) is 5.28. The van der Waals surface area contributed by atoms with E-state index < -0.39 is 0 Å². The monoisotopic (exact) mass is 158 g/mol. The van der Waals surface area contributed by atoms with Crippen molar-refractivity contribution in [1.29, 1.82) is 0 Å². The molecule has 1 aromatic rings. The predicted octanol–water partition coefficient (Wildman–Crippen LogP) is -1.97. The van der Waals surface area contributed by atoms with Crippen molar-refractivity contribution in [2.45, 2.75) is 5.16 Å². The van der Waals surface area contributed by atoms with E-state index in [0.717, 1.165) is 0 Å². The molecule has 48 valence electrons. The van der Waals surface area contributed by atoms with Gasteiger partial charge in [0.1, 0.15) is 0 Å². The number of hydrogen-bond donors (Lipinski definition) is 1. The van der Waals surface area contributed by atoms with Crippen LogP contribution in [0.25, 0.3) is 0 Å². The van der Waals surface area contributed by atoms with E-state index in [4.69, 9.17) is 0 Å². The minimum atomic E-state index is 0. The van der Waals surface area contributed by atoms with Crippen LogP contribution in [0.3, 0.4) is 0 Å². The van der Waals surface area contributed by atoms with Crippen molar-refractivity contribution in [1.82, 2.24) is 20.2 Å². The molecule has 0 amide bonds. The first-order chi connectivity index (χ1) is 3.30. The summed E-state index contributed by atoms with van der Waals surface area (Å²) in [6.07, 6.45) is 0. The fourth-order valence-corrected chi connectivity index (χ4v) is 0.305. The number of nitrogens with zero attached hydrogens (tertiary/aromatic N) is 4. The number of aryl methyl sites for hydroxylation is 1. The van der Waals surface area contributed by atoms with Gasteiger partial charge in [0.15, 0.2) is 0 Å². The van der Waals surface area contributed by atoms with Crippen LogP contribution in [0.2, 0.25) is 0 Å². The van der Waals surface area contributed by atoms with Crippen molar-refractivity contribution < 1.29 is 5.48 Å². The number of thiol groups is 1. The van der Waals surface area contributed by atoms with Gasteiger partial charge in [-0.15, -0.1) is 17.7 Å². The van der Waals surface area contributed by atoms with E-state index in [1.165, 1.54) is 4.68 Å². The Kier molecular flexibility index (Phi) is 6.97. The van der Waals surface area contributed by atoms with Gasteiger partial charge in [-0.2, -0.15) is 0 Å². The van der Waals surface area contributed by atoms with E-state index in [0.29, 0.717) is 5.16 Å². The van der Waals surface area contributed by atoms with Crippen molar-refractivity contribution >= 4 is 42.2 Å². The van der Waals surface area contributed by atoms with Gasteiger partial charge >= 0.3 is 29.6 Å². The topological polar surface area (TPSA) is 75.1 Å². The Bertz CT molecular complexity index is 151. The first-order valence-electron chi connectivity index (χ1n) is 1.72. The van der Waals surface area contributed by atoms with Crippen LogP contribution in [-0.2, 0) is 7.05 Å². The summed E-state index contributed by atoms with van der Waals surface area (Å²) in [4.78, 5) is 0. The molecule has 0 aliphatic heterocycles. The molecule has 0 atom stereocenters. The fourth-order valence-electron chi connectivity index (χ4n) is 0.225. The number of rotatable bonds is 0. The van der Waals surface area contributed by atoms with Crippen LogP contribution in [-0.4, -0.2) is 55.2 Å². The van der Waals surface area contributed by atoms with Gasteiger partial charge in [0.05, 0.1) is 0 Å². The summed E-state index contributed by atoms with van der Waals surface area (Å²) in [6, 6.07) is 0. The molecule has 7 heteroatoms. The number of hydrogen-bond acceptors (Lipinski definition) is 4.